The molecule has 0 N–H and O–H groups in total. The summed E-state index contributed by atoms with van der Waals surface area (Å²) in [5, 5.41) is 0. The average molecular weight is 503 g/mol. The number of hydrogen-bond donors (Lipinski definition) is 0. The van der Waals surface area contributed by atoms with Gasteiger partial charge in [0.05, 0.1) is 6.61 Å². The zero-order valence-corrected chi connectivity index (χ0v) is 23.1. The van der Waals surface area contributed by atoms with E-state index >= 15 is 0 Å². The molecule has 10 atom stereocenters. The Morgan fingerprint density at radius 3 is 2.39 bits per heavy atom. The fraction of sp³-hybridized carbons (Fsp3) is 0.833. The highest BCUT2D eigenvalue weighted by molar-refractivity contribution is 5.69. The topological polar surface area (TPSA) is 78.9 Å². The van der Waals surface area contributed by atoms with E-state index in [1.54, 1.807) is 0 Å². The second kappa shape index (κ2) is 10.5. The first kappa shape index (κ1) is 27.2. The molecular weight excluding hydrogens is 456 g/mol. The van der Waals surface area contributed by atoms with Crippen molar-refractivity contribution in [3.8, 4) is 0 Å². The van der Waals surface area contributed by atoms with Crippen molar-refractivity contribution >= 4 is 17.9 Å². The van der Waals surface area contributed by atoms with E-state index in [2.05, 4.69) is 32.9 Å². The first-order valence-electron chi connectivity index (χ1n) is 14.2. The molecule has 4 rings (SSSR count). The largest absolute Gasteiger partial charge is 0.466 e. The van der Waals surface area contributed by atoms with E-state index in [1.807, 2.05) is 6.92 Å². The van der Waals surface area contributed by atoms with Gasteiger partial charge < -0.3 is 14.2 Å². The maximum absolute atomic E-state index is 12.4. The summed E-state index contributed by atoms with van der Waals surface area (Å²) in [4.78, 5) is 36.7. The summed E-state index contributed by atoms with van der Waals surface area (Å²) in [6, 6.07) is 0. The van der Waals surface area contributed by atoms with Crippen molar-refractivity contribution in [1.29, 1.82) is 0 Å². The normalized spacial score (nSPS) is 41.9. The van der Waals surface area contributed by atoms with E-state index in [0.717, 1.165) is 44.9 Å². The third-order valence-electron chi connectivity index (χ3n) is 10.8. The molecule has 6 nitrogen and oxygen atoms in total. The standard InChI is InChI=1S/C30H46O6/c1-7-34-27(33)14-11-18(2)22-12-13-23-28-24(17-26(30(22,23)6)36-20(4)32)29(5)15-9-8-10-21(29)16-25(28)35-19(3)31/h8-9,18,21-26,28H,7,10-17H2,1-6H3/t18-,21+,22?,23+,24+,25-,26+,28+,29+,30-/m1/s1. The molecule has 3 fully saturated rings. The van der Waals surface area contributed by atoms with Crippen LogP contribution in [0.5, 0.6) is 0 Å². The number of allylic oxidation sites excluding steroid dienone is 2. The number of carbonyl (C=O) groups excluding carboxylic acids is 3. The van der Waals surface area contributed by atoms with Crippen molar-refractivity contribution in [3.63, 3.8) is 0 Å². The first-order chi connectivity index (χ1) is 17.0. The predicted octanol–water partition coefficient (Wildman–Crippen LogP) is 5.87. The molecule has 202 valence electrons. The highest BCUT2D eigenvalue weighted by Crippen LogP contribution is 2.68. The lowest BCUT2D eigenvalue weighted by Gasteiger charge is -2.63. The number of esters is 3. The molecule has 6 heteroatoms. The van der Waals surface area contributed by atoms with E-state index in [0.29, 0.717) is 42.6 Å². The Hall–Kier alpha value is -1.85. The van der Waals surface area contributed by atoms with Crippen LogP contribution in [0, 0.1) is 46.3 Å². The highest BCUT2D eigenvalue weighted by atomic mass is 16.5. The minimum Gasteiger partial charge on any atom is -0.466 e. The van der Waals surface area contributed by atoms with Crippen molar-refractivity contribution in [2.75, 3.05) is 6.61 Å². The maximum atomic E-state index is 12.4. The van der Waals surface area contributed by atoms with Crippen LogP contribution in [0.4, 0.5) is 0 Å². The summed E-state index contributed by atoms with van der Waals surface area (Å²) in [6.45, 7) is 12.3. The Kier molecular flexibility index (Phi) is 7.92. The summed E-state index contributed by atoms with van der Waals surface area (Å²) in [6.07, 6.45) is 11.4. The summed E-state index contributed by atoms with van der Waals surface area (Å²) >= 11 is 0. The Labute approximate surface area is 216 Å². The minimum absolute atomic E-state index is 0.0896. The molecule has 0 spiro atoms. The summed E-state index contributed by atoms with van der Waals surface area (Å²) in [5.41, 5.74) is -0.101. The summed E-state index contributed by atoms with van der Waals surface area (Å²) in [7, 11) is 0. The van der Waals surface area contributed by atoms with Gasteiger partial charge in [-0.05, 0) is 86.9 Å². The molecule has 36 heavy (non-hydrogen) atoms. The third-order valence-corrected chi connectivity index (χ3v) is 10.8. The molecule has 0 aromatic heterocycles. The Morgan fingerprint density at radius 2 is 1.72 bits per heavy atom. The van der Waals surface area contributed by atoms with Gasteiger partial charge in [-0.1, -0.05) is 32.9 Å². The predicted molar refractivity (Wildman–Crippen MR) is 137 cm³/mol. The first-order valence-corrected chi connectivity index (χ1v) is 14.2. The fourth-order valence-electron chi connectivity index (χ4n) is 9.17. The minimum atomic E-state index is -0.221. The quantitative estimate of drug-likeness (QED) is 0.246. The van der Waals surface area contributed by atoms with Crippen LogP contribution in [0.25, 0.3) is 0 Å². The molecule has 0 radical (unpaired) electrons. The van der Waals surface area contributed by atoms with Gasteiger partial charge >= 0.3 is 17.9 Å². The van der Waals surface area contributed by atoms with Crippen molar-refractivity contribution in [2.45, 2.75) is 105 Å². The molecule has 0 heterocycles. The molecule has 0 aliphatic heterocycles. The molecule has 4 aliphatic carbocycles. The average Bonchev–Trinajstić information content (AvgIpc) is 3.16. The van der Waals surface area contributed by atoms with Gasteiger partial charge in [0, 0.05) is 31.6 Å². The van der Waals surface area contributed by atoms with Crippen LogP contribution < -0.4 is 0 Å². The third kappa shape index (κ3) is 4.74. The van der Waals surface area contributed by atoms with Crippen molar-refractivity contribution < 1.29 is 28.6 Å². The number of hydrogen-bond acceptors (Lipinski definition) is 6. The van der Waals surface area contributed by atoms with E-state index in [4.69, 9.17) is 14.2 Å². The molecule has 0 aromatic carbocycles. The molecule has 0 bridgehead atoms. The van der Waals surface area contributed by atoms with Crippen LogP contribution in [-0.2, 0) is 28.6 Å². The van der Waals surface area contributed by atoms with Crippen LogP contribution in [0.15, 0.2) is 12.2 Å². The smallest absolute Gasteiger partial charge is 0.305 e. The van der Waals surface area contributed by atoms with Crippen LogP contribution in [-0.4, -0.2) is 36.7 Å². The summed E-state index contributed by atoms with van der Waals surface area (Å²) in [5.74, 6) is 1.45. The van der Waals surface area contributed by atoms with E-state index in [1.165, 1.54) is 13.8 Å². The van der Waals surface area contributed by atoms with Crippen molar-refractivity contribution in [2.24, 2.45) is 46.3 Å². The van der Waals surface area contributed by atoms with Gasteiger partial charge in [0.15, 0.2) is 0 Å². The number of ether oxygens (including phenoxy) is 3. The van der Waals surface area contributed by atoms with Gasteiger partial charge in [-0.15, -0.1) is 0 Å². The molecule has 1 unspecified atom stereocenters. The van der Waals surface area contributed by atoms with Crippen LogP contribution in [0.1, 0.15) is 92.9 Å². The van der Waals surface area contributed by atoms with Crippen LogP contribution in [0.2, 0.25) is 0 Å². The number of rotatable bonds is 7. The fourth-order valence-corrected chi connectivity index (χ4v) is 9.17. The second-order valence-corrected chi connectivity index (χ2v) is 12.5. The second-order valence-electron chi connectivity index (χ2n) is 12.5. The molecule has 0 saturated heterocycles. The van der Waals surface area contributed by atoms with Gasteiger partial charge in [0.1, 0.15) is 12.2 Å². The number of fused-ring (bicyclic) bond motifs is 5. The lowest BCUT2D eigenvalue weighted by atomic mass is 9.43. The molecule has 0 amide bonds. The van der Waals surface area contributed by atoms with Gasteiger partial charge in [-0.3, -0.25) is 14.4 Å². The lowest BCUT2D eigenvalue weighted by Crippen LogP contribution is -2.62. The molecule has 4 aliphatic rings. The molecular formula is C30H46O6. The highest BCUT2D eigenvalue weighted by Gasteiger charge is 2.67. The zero-order valence-electron chi connectivity index (χ0n) is 23.1. The van der Waals surface area contributed by atoms with E-state index < -0.39 is 0 Å². The monoisotopic (exact) mass is 502 g/mol. The zero-order chi connectivity index (χ0) is 26.3. The lowest BCUT2D eigenvalue weighted by molar-refractivity contribution is -0.215. The van der Waals surface area contributed by atoms with Crippen molar-refractivity contribution in [1.82, 2.24) is 0 Å². The Balaban J connectivity index is 1.69. The van der Waals surface area contributed by atoms with Crippen LogP contribution >= 0.6 is 0 Å². The van der Waals surface area contributed by atoms with Gasteiger partial charge in [0.25, 0.3) is 0 Å². The number of carbonyl (C=O) groups is 3. The van der Waals surface area contributed by atoms with Gasteiger partial charge in [0.2, 0.25) is 0 Å². The van der Waals surface area contributed by atoms with Crippen molar-refractivity contribution in [3.05, 3.63) is 12.2 Å². The van der Waals surface area contributed by atoms with Gasteiger partial charge in [-0.25, -0.2) is 0 Å². The van der Waals surface area contributed by atoms with E-state index in [9.17, 15) is 14.4 Å². The Bertz CT molecular complexity index is 881. The molecule has 3 saturated carbocycles. The summed E-state index contributed by atoms with van der Waals surface area (Å²) < 4.78 is 17.5. The van der Waals surface area contributed by atoms with Crippen LogP contribution in [0.3, 0.4) is 0 Å². The van der Waals surface area contributed by atoms with E-state index in [-0.39, 0.29) is 46.9 Å². The SMILES string of the molecule is CCOC(=O)CC[C@@H](C)C1CC[C@H]2[C@@H]3[C@H](OC(C)=O)C[C@@H]4CC=CC[C@]4(C)[C@H]3C[C@H](OC(C)=O)[C@]12C. The van der Waals surface area contributed by atoms with Gasteiger partial charge in [-0.2, -0.15) is 0 Å². The maximum Gasteiger partial charge on any atom is 0.305 e. The molecule has 0 aromatic rings. The Morgan fingerprint density at radius 1 is 1.00 bits per heavy atom.